The molecule has 1 amide bonds. The lowest BCUT2D eigenvalue weighted by Crippen LogP contribution is -2.29. The smallest absolute Gasteiger partial charge is 0.300 e. The minimum Gasteiger partial charge on any atom is -0.507 e. The number of anilines is 1. The molecule has 0 aliphatic carbocycles. The molecule has 1 aliphatic rings. The molecule has 4 rings (SSSR count). The van der Waals surface area contributed by atoms with Gasteiger partial charge in [0.05, 0.1) is 24.3 Å². The number of carbonyl (C=O) groups excluding carboxylic acids is 2. The van der Waals surface area contributed by atoms with Gasteiger partial charge in [-0.15, -0.1) is 0 Å². The summed E-state index contributed by atoms with van der Waals surface area (Å²) in [5, 5.41) is 12.1. The molecule has 1 fully saturated rings. The van der Waals surface area contributed by atoms with Crippen molar-refractivity contribution >= 4 is 34.7 Å². The lowest BCUT2D eigenvalue weighted by Gasteiger charge is -2.26. The van der Waals surface area contributed by atoms with Crippen molar-refractivity contribution in [3.05, 3.63) is 99.6 Å². The number of methoxy groups -OCH3 is 1. The van der Waals surface area contributed by atoms with Gasteiger partial charge in [-0.3, -0.25) is 14.5 Å². The molecule has 6 heteroatoms. The van der Waals surface area contributed by atoms with Gasteiger partial charge >= 0.3 is 0 Å². The second-order valence-electron chi connectivity index (χ2n) is 9.72. The van der Waals surface area contributed by atoms with Crippen LogP contribution in [0.1, 0.15) is 49.1 Å². The Hall–Kier alpha value is -3.57. The van der Waals surface area contributed by atoms with Crippen LogP contribution in [0.4, 0.5) is 5.69 Å². The third-order valence-electron chi connectivity index (χ3n) is 6.23. The average molecular weight is 490 g/mol. The molecule has 0 spiro atoms. The highest BCUT2D eigenvalue weighted by Crippen LogP contribution is 2.44. The number of ketones is 1. The molecule has 1 saturated heterocycles. The number of aryl methyl sites for hydroxylation is 1. The normalized spacial score (nSPS) is 17.7. The topological polar surface area (TPSA) is 66.8 Å². The van der Waals surface area contributed by atoms with Crippen LogP contribution in [0.5, 0.6) is 5.75 Å². The van der Waals surface area contributed by atoms with Gasteiger partial charge < -0.3 is 9.84 Å². The van der Waals surface area contributed by atoms with E-state index >= 15 is 0 Å². The second-order valence-corrected chi connectivity index (χ2v) is 10.2. The summed E-state index contributed by atoms with van der Waals surface area (Å²) in [4.78, 5) is 28.2. The van der Waals surface area contributed by atoms with Crippen LogP contribution >= 0.6 is 11.6 Å². The summed E-state index contributed by atoms with van der Waals surface area (Å²) in [6.45, 7) is 8.12. The van der Waals surface area contributed by atoms with E-state index in [1.165, 1.54) is 12.0 Å². The number of aliphatic hydroxyl groups excluding tert-OH is 1. The summed E-state index contributed by atoms with van der Waals surface area (Å²) in [5.74, 6) is -1.33. The zero-order valence-electron chi connectivity index (χ0n) is 20.4. The van der Waals surface area contributed by atoms with E-state index in [0.717, 1.165) is 11.1 Å². The van der Waals surface area contributed by atoms with Crippen LogP contribution in [0.25, 0.3) is 5.76 Å². The molecule has 1 N–H and O–H groups in total. The number of amides is 1. The first-order chi connectivity index (χ1) is 16.5. The Labute approximate surface area is 210 Å². The molecule has 35 heavy (non-hydrogen) atoms. The van der Waals surface area contributed by atoms with Gasteiger partial charge in [-0.1, -0.05) is 68.3 Å². The monoisotopic (exact) mass is 489 g/mol. The van der Waals surface area contributed by atoms with Crippen molar-refractivity contribution in [3.63, 3.8) is 0 Å². The summed E-state index contributed by atoms with van der Waals surface area (Å²) in [5.41, 5.74) is 3.33. The molecule has 1 heterocycles. The third-order valence-corrected chi connectivity index (χ3v) is 6.48. The Morgan fingerprint density at radius 1 is 1.00 bits per heavy atom. The van der Waals surface area contributed by atoms with Crippen LogP contribution in [0.15, 0.2) is 72.3 Å². The van der Waals surface area contributed by atoms with E-state index in [1.807, 2.05) is 43.3 Å². The van der Waals surface area contributed by atoms with Gasteiger partial charge in [0.25, 0.3) is 11.7 Å². The van der Waals surface area contributed by atoms with Gasteiger partial charge in [-0.2, -0.15) is 0 Å². The van der Waals surface area contributed by atoms with E-state index in [-0.39, 0.29) is 16.7 Å². The standard InChI is InChI=1S/C29H28ClNO4/c1-17-7-6-8-18(15-17)25-24(27(33)28(34)31(25)21-12-10-20(30)11-13-21)26(32)22-16-19(29(2,3)4)9-14-23(22)35-5/h6-16,25,32H,1-5H3/b26-24+. The number of nitrogens with zero attached hydrogens (tertiary/aromatic N) is 1. The molecule has 1 atom stereocenters. The van der Waals surface area contributed by atoms with Gasteiger partial charge in [0.15, 0.2) is 0 Å². The first kappa shape index (κ1) is 24.6. The Morgan fingerprint density at radius 2 is 1.69 bits per heavy atom. The van der Waals surface area contributed by atoms with Gasteiger partial charge in [0, 0.05) is 10.7 Å². The van der Waals surface area contributed by atoms with Crippen molar-refractivity contribution in [1.29, 1.82) is 0 Å². The van der Waals surface area contributed by atoms with Crippen molar-refractivity contribution in [2.75, 3.05) is 12.0 Å². The predicted octanol–water partition coefficient (Wildman–Crippen LogP) is 6.58. The van der Waals surface area contributed by atoms with E-state index in [9.17, 15) is 14.7 Å². The molecule has 1 aliphatic heterocycles. The Balaban J connectivity index is 2.00. The molecule has 0 bridgehead atoms. The number of hydrogen-bond acceptors (Lipinski definition) is 4. The van der Waals surface area contributed by atoms with Crippen LogP contribution in [0.2, 0.25) is 5.02 Å². The van der Waals surface area contributed by atoms with Crippen molar-refractivity contribution in [3.8, 4) is 5.75 Å². The minimum atomic E-state index is -0.820. The summed E-state index contributed by atoms with van der Waals surface area (Å²) in [6, 6.07) is 19.0. The van der Waals surface area contributed by atoms with E-state index in [0.29, 0.717) is 27.6 Å². The van der Waals surface area contributed by atoms with Gasteiger partial charge in [-0.25, -0.2) is 0 Å². The number of hydrogen-bond donors (Lipinski definition) is 1. The number of rotatable bonds is 4. The van der Waals surface area contributed by atoms with E-state index in [4.69, 9.17) is 16.3 Å². The number of Topliss-reactive ketones (excluding diaryl/α,β-unsaturated/α-hetero) is 1. The maximum Gasteiger partial charge on any atom is 0.300 e. The van der Waals surface area contributed by atoms with Gasteiger partial charge in [-0.05, 0) is 59.9 Å². The largest absolute Gasteiger partial charge is 0.507 e. The van der Waals surface area contributed by atoms with Crippen LogP contribution in [0, 0.1) is 6.92 Å². The average Bonchev–Trinajstić information content (AvgIpc) is 3.08. The highest BCUT2D eigenvalue weighted by Gasteiger charge is 2.47. The molecule has 180 valence electrons. The number of aliphatic hydroxyl groups is 1. The lowest BCUT2D eigenvalue weighted by molar-refractivity contribution is -0.132. The number of benzene rings is 3. The summed E-state index contributed by atoms with van der Waals surface area (Å²) in [7, 11) is 1.51. The fourth-order valence-electron chi connectivity index (χ4n) is 4.36. The maximum atomic E-state index is 13.4. The van der Waals surface area contributed by atoms with Crippen molar-refractivity contribution in [2.24, 2.45) is 0 Å². The fourth-order valence-corrected chi connectivity index (χ4v) is 4.49. The zero-order valence-corrected chi connectivity index (χ0v) is 21.2. The molecule has 0 radical (unpaired) electrons. The van der Waals surface area contributed by atoms with Crippen molar-refractivity contribution in [1.82, 2.24) is 0 Å². The van der Waals surface area contributed by atoms with Crippen molar-refractivity contribution in [2.45, 2.75) is 39.2 Å². The highest BCUT2D eigenvalue weighted by molar-refractivity contribution is 6.51. The highest BCUT2D eigenvalue weighted by atomic mass is 35.5. The van der Waals surface area contributed by atoms with E-state index < -0.39 is 17.7 Å². The van der Waals surface area contributed by atoms with Crippen molar-refractivity contribution < 1.29 is 19.4 Å². The number of ether oxygens (including phenoxy) is 1. The second kappa shape index (κ2) is 9.23. The molecule has 3 aromatic carbocycles. The molecule has 0 saturated carbocycles. The number of halogens is 1. The summed E-state index contributed by atoms with van der Waals surface area (Å²) in [6.07, 6.45) is 0. The summed E-state index contributed by atoms with van der Waals surface area (Å²) >= 11 is 6.07. The molecule has 0 aromatic heterocycles. The Kier molecular flexibility index (Phi) is 6.48. The van der Waals surface area contributed by atoms with Gasteiger partial charge in [0.2, 0.25) is 0 Å². The zero-order chi connectivity index (χ0) is 25.5. The van der Waals surface area contributed by atoms with Crippen LogP contribution < -0.4 is 9.64 Å². The number of carbonyl (C=O) groups is 2. The molecule has 1 unspecified atom stereocenters. The van der Waals surface area contributed by atoms with Gasteiger partial charge in [0.1, 0.15) is 11.5 Å². The lowest BCUT2D eigenvalue weighted by atomic mass is 9.85. The Morgan fingerprint density at radius 3 is 2.29 bits per heavy atom. The SMILES string of the molecule is COc1ccc(C(C)(C)C)cc1/C(O)=C1\C(=O)C(=O)N(c2ccc(Cl)cc2)C1c1cccc(C)c1. The minimum absolute atomic E-state index is 0.0138. The first-order valence-corrected chi connectivity index (χ1v) is 11.7. The van der Waals surface area contributed by atoms with E-state index in [2.05, 4.69) is 20.8 Å². The summed E-state index contributed by atoms with van der Waals surface area (Å²) < 4.78 is 5.52. The Bertz CT molecular complexity index is 1340. The maximum absolute atomic E-state index is 13.4. The van der Waals surface area contributed by atoms with Crippen LogP contribution in [0.3, 0.4) is 0 Å². The predicted molar refractivity (Wildman–Crippen MR) is 139 cm³/mol. The van der Waals surface area contributed by atoms with Crippen LogP contribution in [-0.4, -0.2) is 23.9 Å². The van der Waals surface area contributed by atoms with Crippen LogP contribution in [-0.2, 0) is 15.0 Å². The molecular formula is C29H28ClNO4. The fraction of sp³-hybridized carbons (Fsp3) is 0.241. The quantitative estimate of drug-likeness (QED) is 0.255. The molecular weight excluding hydrogens is 462 g/mol. The molecule has 5 nitrogen and oxygen atoms in total. The first-order valence-electron chi connectivity index (χ1n) is 11.3. The molecule has 3 aromatic rings. The van der Waals surface area contributed by atoms with E-state index in [1.54, 1.807) is 30.3 Å². The third kappa shape index (κ3) is 4.56.